The van der Waals surface area contributed by atoms with Gasteiger partial charge in [0.1, 0.15) is 86.7 Å². The van der Waals surface area contributed by atoms with E-state index in [-0.39, 0.29) is 44.1 Å². The molecular weight excluding hydrogens is 1690 g/mol. The molecule has 0 radical (unpaired) electrons. The fourth-order valence-corrected chi connectivity index (χ4v) is 16.8. The number of aromatic nitrogens is 12. The van der Waals surface area contributed by atoms with Crippen molar-refractivity contribution in [2.75, 3.05) is 68.3 Å². The number of carbonyl (C=O) groups excluding carboxylic acids is 4. The van der Waals surface area contributed by atoms with Crippen LogP contribution in [0.1, 0.15) is 68.2 Å². The number of carbonyl (C=O) groups is 4. The van der Waals surface area contributed by atoms with Crippen LogP contribution in [0.15, 0.2) is 159 Å². The molecule has 0 spiro atoms. The van der Waals surface area contributed by atoms with Crippen molar-refractivity contribution in [3.05, 3.63) is 237 Å². The predicted molar refractivity (Wildman–Crippen MR) is 447 cm³/mol. The summed E-state index contributed by atoms with van der Waals surface area (Å²) < 4.78 is 39.2. The van der Waals surface area contributed by atoms with Gasteiger partial charge in [0.25, 0.3) is 17.7 Å². The van der Waals surface area contributed by atoms with Gasteiger partial charge in [-0.05, 0) is 73.2 Å². The molecule has 0 N–H and O–H groups in total. The van der Waals surface area contributed by atoms with E-state index in [1.807, 2.05) is 107 Å². The standard InChI is InChI=1S/C16H12ClN3OS.C12H10ClFN2OS.C11H9ClFN3OS.C11H9ClFN3S2.C11H10ClN3OS.C11H10ClN3S2/c1-20(12-7-3-2-4-8-12)16(21)13-14(17)19-15(22-13)11-6-5-9-18-10-11;1-2-3-9(17)10-11(13)16-12(18-10)7-4-8(14)6-15-5-7;2*1-16(2)11(17)8-9(12)15-10(18-8)6-3-7(13)5-14-4-6;2*1-15(2)11(16)8-9(12)14-10(17-8)7-4-3-5-13-6-7/h2-10H,1H3;4-6H,2-3H2,1H3;2*3-5H,1-2H3;2*3-6H,1-2H3. The first-order valence-corrected chi connectivity index (χ1v) is 39.7. The van der Waals surface area contributed by atoms with Gasteiger partial charge in [-0.2, -0.15) is 0 Å². The van der Waals surface area contributed by atoms with Crippen LogP contribution in [0.5, 0.6) is 0 Å². The number of halogens is 9. The summed E-state index contributed by atoms with van der Waals surface area (Å²) in [6.45, 7) is 1.92. The Morgan fingerprint density at radius 3 is 0.927 bits per heavy atom. The van der Waals surface area contributed by atoms with Crippen LogP contribution in [0, 0.1) is 17.5 Å². The van der Waals surface area contributed by atoms with Crippen molar-refractivity contribution in [1.29, 1.82) is 0 Å². The van der Waals surface area contributed by atoms with E-state index < -0.39 is 17.5 Å². The number of rotatable bonds is 15. The summed E-state index contributed by atoms with van der Waals surface area (Å²) in [5.41, 5.74) is 5.08. The van der Waals surface area contributed by atoms with Crippen LogP contribution in [0.4, 0.5) is 18.9 Å². The minimum atomic E-state index is -0.459. The zero-order chi connectivity index (χ0) is 80.0. The molecule has 0 unspecified atom stereocenters. The predicted octanol–water partition coefficient (Wildman–Crippen LogP) is 19.7. The molecule has 12 heterocycles. The van der Waals surface area contributed by atoms with Crippen molar-refractivity contribution < 1.29 is 32.3 Å². The van der Waals surface area contributed by atoms with Gasteiger partial charge in [-0.25, -0.2) is 43.1 Å². The minimum Gasteiger partial charge on any atom is -0.368 e. The molecule has 0 aliphatic heterocycles. The molecule has 0 atom stereocenters. The smallest absolute Gasteiger partial charge is 0.271 e. The molecule has 13 aromatic rings. The van der Waals surface area contributed by atoms with E-state index in [0.717, 1.165) is 68.6 Å². The highest BCUT2D eigenvalue weighted by atomic mass is 35.5. The zero-order valence-corrected chi connectivity index (χ0v) is 70.4. The Morgan fingerprint density at radius 2 is 0.636 bits per heavy atom. The number of benzene rings is 1. The van der Waals surface area contributed by atoms with E-state index in [9.17, 15) is 32.3 Å². The van der Waals surface area contributed by atoms with Crippen molar-refractivity contribution in [3.63, 3.8) is 0 Å². The van der Waals surface area contributed by atoms with E-state index in [1.165, 1.54) is 97.1 Å². The third-order valence-corrected chi connectivity index (χ3v) is 24.2. The number of para-hydroxylation sites is 1. The third-order valence-electron chi connectivity index (χ3n) is 13.9. The lowest BCUT2D eigenvalue weighted by Crippen LogP contribution is -2.25. The molecule has 0 saturated heterocycles. The Kier molecular flexibility index (Phi) is 32.8. The highest BCUT2D eigenvalue weighted by molar-refractivity contribution is 7.81. The Morgan fingerprint density at radius 1 is 0.355 bits per heavy atom. The summed E-state index contributed by atoms with van der Waals surface area (Å²) in [6, 6.07) is 24.6. The summed E-state index contributed by atoms with van der Waals surface area (Å²) in [6.07, 6.45) is 19.3. The fraction of sp³-hybridized carbons (Fsp3) is 0.167. The lowest BCUT2D eigenvalue weighted by Gasteiger charge is -2.16. The van der Waals surface area contributed by atoms with E-state index in [1.54, 1.807) is 88.4 Å². The summed E-state index contributed by atoms with van der Waals surface area (Å²) in [5.74, 6) is -1.88. The van der Waals surface area contributed by atoms with Crippen molar-refractivity contribution in [3.8, 4) is 63.4 Å². The van der Waals surface area contributed by atoms with Crippen LogP contribution in [0.2, 0.25) is 30.9 Å². The molecule has 3 amide bonds. The van der Waals surface area contributed by atoms with Crippen LogP contribution in [0.3, 0.4) is 0 Å². The SMILES string of the molecule is CCCC(=O)c1sc(-c2cncc(F)c2)nc1Cl.CN(C(=O)c1sc(-c2cccnc2)nc1Cl)c1ccccc1.CN(C)C(=O)c1sc(-c2cccnc2)nc1Cl.CN(C)C(=O)c1sc(-c2cncc(F)c2)nc1Cl.CN(C)C(=S)c1sc(-c2cccnc2)nc1Cl.CN(C)C(=S)c1sc(-c2cncc(F)c2)nc1Cl. The highest BCUT2D eigenvalue weighted by Gasteiger charge is 2.25. The lowest BCUT2D eigenvalue weighted by atomic mass is 10.2. The Hall–Kier alpha value is -8.71. The van der Waals surface area contributed by atoms with Crippen LogP contribution < -0.4 is 4.90 Å². The molecule has 21 nitrogen and oxygen atoms in total. The number of ketones is 1. The van der Waals surface area contributed by atoms with E-state index in [4.69, 9.17) is 94.0 Å². The minimum absolute atomic E-state index is 0.0318. The summed E-state index contributed by atoms with van der Waals surface area (Å²) in [4.78, 5) is 109. The monoisotopic (exact) mass is 1750 g/mol. The van der Waals surface area contributed by atoms with Gasteiger partial charge in [-0.15, -0.1) is 68.0 Å². The van der Waals surface area contributed by atoms with Crippen molar-refractivity contribution in [2.45, 2.75) is 19.8 Å². The van der Waals surface area contributed by atoms with E-state index in [0.29, 0.717) is 92.8 Å². The van der Waals surface area contributed by atoms with Gasteiger partial charge in [0.15, 0.2) is 36.7 Å². The maximum Gasteiger partial charge on any atom is 0.271 e. The van der Waals surface area contributed by atoms with Crippen LogP contribution in [-0.4, -0.2) is 176 Å². The molecule has 1 aromatic carbocycles. The fourth-order valence-electron chi connectivity index (χ4n) is 8.51. The molecule has 38 heteroatoms. The van der Waals surface area contributed by atoms with E-state index in [2.05, 4.69) is 59.8 Å². The summed E-state index contributed by atoms with van der Waals surface area (Å²) >= 11 is 54.3. The number of thiocarbonyl (C=S) groups is 2. The number of Topliss-reactive ketones (excluding diaryl/α,β-unsaturated/α-hetero) is 1. The second-order valence-electron chi connectivity index (χ2n) is 22.9. The largest absolute Gasteiger partial charge is 0.368 e. The van der Waals surface area contributed by atoms with Crippen molar-refractivity contribution >= 4 is 201 Å². The highest BCUT2D eigenvalue weighted by Crippen LogP contribution is 2.38. The molecule has 110 heavy (non-hydrogen) atoms. The first kappa shape index (κ1) is 86.9. The number of hydrogen-bond donors (Lipinski definition) is 0. The summed E-state index contributed by atoms with van der Waals surface area (Å²) in [5, 5.41) is 5.35. The number of pyridine rings is 6. The molecule has 0 fully saturated rings. The van der Waals surface area contributed by atoms with Gasteiger partial charge < -0.3 is 24.5 Å². The lowest BCUT2D eigenvalue weighted by molar-refractivity contribution is 0.0825. The maximum absolute atomic E-state index is 13.1. The molecule has 13 rings (SSSR count). The second kappa shape index (κ2) is 41.5. The molecule has 12 aromatic heterocycles. The molecule has 0 aliphatic carbocycles. The van der Waals surface area contributed by atoms with Gasteiger partial charge in [0.05, 0.1) is 18.6 Å². The van der Waals surface area contributed by atoms with Crippen molar-refractivity contribution in [2.24, 2.45) is 0 Å². The number of anilines is 1. The Bertz CT molecular complexity index is 5130. The molecule has 0 aliphatic rings. The normalized spacial score (nSPS) is 10.4. The van der Waals surface area contributed by atoms with Crippen LogP contribution in [0.25, 0.3) is 63.4 Å². The first-order valence-electron chi connectivity index (χ1n) is 31.7. The summed E-state index contributed by atoms with van der Waals surface area (Å²) in [7, 11) is 15.8. The molecule has 568 valence electrons. The molecule has 0 saturated carbocycles. The number of hydrogen-bond acceptors (Lipinski definition) is 24. The maximum atomic E-state index is 13.1. The number of amides is 3. The van der Waals surface area contributed by atoms with E-state index >= 15 is 0 Å². The third kappa shape index (κ3) is 23.9. The van der Waals surface area contributed by atoms with Gasteiger partial charge in [-0.3, -0.25) is 49.1 Å². The first-order chi connectivity index (χ1) is 52.4. The average Bonchev–Trinajstić information content (AvgIpc) is 1.69. The van der Waals surface area contributed by atoms with Gasteiger partial charge in [0, 0.05) is 165 Å². The number of thiazole rings is 6. The zero-order valence-electron chi connectivity index (χ0n) is 59.3. The Labute approximate surface area is 695 Å². The van der Waals surface area contributed by atoms with Crippen LogP contribution in [-0.2, 0) is 0 Å². The van der Waals surface area contributed by atoms with Crippen molar-refractivity contribution in [1.82, 2.24) is 79.4 Å². The quantitative estimate of drug-likeness (QED) is 0.0684. The van der Waals surface area contributed by atoms with Gasteiger partial charge in [0.2, 0.25) is 0 Å². The number of nitrogens with zero attached hydrogens (tertiary/aromatic N) is 17. The van der Waals surface area contributed by atoms with Crippen LogP contribution >= 0.6 is 162 Å². The molecule has 0 bridgehead atoms. The second-order valence-corrected chi connectivity index (χ2v) is 31.8. The van der Waals surface area contributed by atoms with Gasteiger partial charge >= 0.3 is 0 Å². The Balaban J connectivity index is 0.000000166. The molecular formula is C72H60Cl6F3N17O4S8. The topological polar surface area (TPSA) is 239 Å². The van der Waals surface area contributed by atoms with Gasteiger partial charge in [-0.1, -0.05) is 119 Å². The average molecular weight is 1750 g/mol.